The van der Waals surface area contributed by atoms with Gasteiger partial charge in [0, 0.05) is 26.8 Å². The number of fused-ring (bicyclic) bond motifs is 2. The van der Waals surface area contributed by atoms with E-state index in [9.17, 15) is 10.1 Å². The Hall–Kier alpha value is -2.23. The molecule has 2 aliphatic rings. The summed E-state index contributed by atoms with van der Waals surface area (Å²) in [5.41, 5.74) is 3.50. The molecule has 0 spiro atoms. The molecular formula is C25H26N2O2S2. The van der Waals surface area contributed by atoms with E-state index in [0.29, 0.717) is 21.6 Å². The number of aryl methyl sites for hydroxylation is 1. The van der Waals surface area contributed by atoms with Crippen molar-refractivity contribution in [1.29, 1.82) is 5.26 Å². The molecule has 0 bridgehead atoms. The monoisotopic (exact) mass is 450 g/mol. The number of nitrogens with zero attached hydrogens (tertiary/aromatic N) is 1. The van der Waals surface area contributed by atoms with E-state index >= 15 is 0 Å². The zero-order valence-electron chi connectivity index (χ0n) is 17.5. The highest BCUT2D eigenvalue weighted by Gasteiger charge is 2.26. The van der Waals surface area contributed by atoms with Crippen LogP contribution >= 0.6 is 23.1 Å². The summed E-state index contributed by atoms with van der Waals surface area (Å²) in [5.74, 6) is 0.918. The van der Waals surface area contributed by atoms with Crippen LogP contribution in [0.2, 0.25) is 0 Å². The van der Waals surface area contributed by atoms with Crippen molar-refractivity contribution in [1.82, 2.24) is 0 Å². The summed E-state index contributed by atoms with van der Waals surface area (Å²) in [6.07, 6.45) is 10.6. The number of anilines is 1. The summed E-state index contributed by atoms with van der Waals surface area (Å²) in [7, 11) is 0. The molecule has 2 heterocycles. The van der Waals surface area contributed by atoms with E-state index in [-0.39, 0.29) is 5.91 Å². The molecule has 1 N–H and O–H groups in total. The number of hydrogen-bond donors (Lipinski definition) is 1. The van der Waals surface area contributed by atoms with E-state index in [1.54, 1.807) is 11.3 Å². The minimum absolute atomic E-state index is 0.245. The summed E-state index contributed by atoms with van der Waals surface area (Å²) in [6, 6.07) is 10.2. The van der Waals surface area contributed by atoms with Crippen LogP contribution in [0.25, 0.3) is 11.0 Å². The number of para-hydroxylation sites is 1. The van der Waals surface area contributed by atoms with Gasteiger partial charge in [0.25, 0.3) is 5.91 Å². The number of amides is 1. The molecule has 2 aromatic heterocycles. The molecule has 0 unspecified atom stereocenters. The molecular weight excluding hydrogens is 424 g/mol. The second-order valence-electron chi connectivity index (χ2n) is 8.46. The number of thioether (sulfide) groups is 1. The summed E-state index contributed by atoms with van der Waals surface area (Å²) < 4.78 is 6.04. The zero-order chi connectivity index (χ0) is 21.2. The van der Waals surface area contributed by atoms with Crippen LogP contribution in [0.15, 0.2) is 28.7 Å². The Kier molecular flexibility index (Phi) is 6.06. The lowest BCUT2D eigenvalue weighted by molar-refractivity contribution is 0.0998. The van der Waals surface area contributed by atoms with Crippen molar-refractivity contribution >= 4 is 45.0 Å². The first-order valence-corrected chi connectivity index (χ1v) is 13.1. The van der Waals surface area contributed by atoms with E-state index in [4.69, 9.17) is 4.42 Å². The van der Waals surface area contributed by atoms with Crippen molar-refractivity contribution in [2.75, 3.05) is 5.32 Å². The standard InChI is InChI=1S/C25H26N2O2S2/c26-14-19-18-11-5-7-13-22(18)31-25(19)27-24(28)23-20(15-30-16-8-2-1-3-9-16)17-10-4-6-12-21(17)29-23/h4,6,10,12,16H,1-3,5,7-9,11,13,15H2,(H,27,28). The first kappa shape index (κ1) is 20.7. The molecule has 5 rings (SSSR count). The number of carbonyl (C=O) groups excluding carboxylic acids is 1. The van der Waals surface area contributed by atoms with Crippen molar-refractivity contribution in [2.24, 2.45) is 0 Å². The summed E-state index contributed by atoms with van der Waals surface area (Å²) in [5, 5.41) is 15.1. The van der Waals surface area contributed by atoms with Crippen LogP contribution in [0, 0.1) is 11.3 Å². The molecule has 6 heteroatoms. The maximum Gasteiger partial charge on any atom is 0.292 e. The third kappa shape index (κ3) is 4.14. The van der Waals surface area contributed by atoms with Crippen molar-refractivity contribution in [2.45, 2.75) is 68.8 Å². The summed E-state index contributed by atoms with van der Waals surface area (Å²) in [4.78, 5) is 14.6. The Morgan fingerprint density at radius 3 is 2.81 bits per heavy atom. The Balaban J connectivity index is 1.43. The minimum atomic E-state index is -0.245. The van der Waals surface area contributed by atoms with Gasteiger partial charge in [-0.1, -0.05) is 37.5 Å². The van der Waals surface area contributed by atoms with Crippen LogP contribution in [0.4, 0.5) is 5.00 Å². The van der Waals surface area contributed by atoms with Crippen molar-refractivity contribution in [3.8, 4) is 6.07 Å². The molecule has 160 valence electrons. The minimum Gasteiger partial charge on any atom is -0.451 e. The van der Waals surface area contributed by atoms with E-state index in [2.05, 4.69) is 11.4 Å². The van der Waals surface area contributed by atoms with Gasteiger partial charge in [-0.05, 0) is 50.2 Å². The maximum absolute atomic E-state index is 13.3. The lowest BCUT2D eigenvalue weighted by atomic mass is 9.96. The van der Waals surface area contributed by atoms with E-state index in [1.807, 2.05) is 36.0 Å². The number of thiophene rings is 1. The number of hydrogen-bond acceptors (Lipinski definition) is 5. The number of benzene rings is 1. The average molecular weight is 451 g/mol. The lowest BCUT2D eigenvalue weighted by Crippen LogP contribution is -2.13. The fourth-order valence-corrected chi connectivity index (χ4v) is 7.38. The molecule has 1 fully saturated rings. The van der Waals surface area contributed by atoms with Crippen molar-refractivity contribution in [3.05, 3.63) is 51.6 Å². The van der Waals surface area contributed by atoms with E-state index in [0.717, 1.165) is 53.5 Å². The van der Waals surface area contributed by atoms with Gasteiger partial charge in [0.1, 0.15) is 16.7 Å². The second-order valence-corrected chi connectivity index (χ2v) is 10.9. The Morgan fingerprint density at radius 1 is 1.16 bits per heavy atom. The Morgan fingerprint density at radius 2 is 1.97 bits per heavy atom. The first-order chi connectivity index (χ1) is 15.2. The van der Waals surface area contributed by atoms with Crippen LogP contribution in [0.5, 0.6) is 0 Å². The zero-order valence-corrected chi connectivity index (χ0v) is 19.2. The van der Waals surface area contributed by atoms with Crippen LogP contribution in [-0.4, -0.2) is 11.2 Å². The molecule has 1 amide bonds. The van der Waals surface area contributed by atoms with Crippen LogP contribution in [0.3, 0.4) is 0 Å². The molecule has 0 saturated heterocycles. The second kappa shape index (κ2) is 9.10. The largest absolute Gasteiger partial charge is 0.451 e. The molecule has 2 aliphatic carbocycles. The fourth-order valence-electron chi connectivity index (χ4n) is 4.79. The number of rotatable bonds is 5. The molecule has 0 radical (unpaired) electrons. The van der Waals surface area contributed by atoms with Crippen molar-refractivity contribution in [3.63, 3.8) is 0 Å². The van der Waals surface area contributed by atoms with Crippen LogP contribution < -0.4 is 5.32 Å². The lowest BCUT2D eigenvalue weighted by Gasteiger charge is -2.20. The van der Waals surface area contributed by atoms with Gasteiger partial charge in [-0.2, -0.15) is 17.0 Å². The van der Waals surface area contributed by atoms with Gasteiger partial charge in [-0.15, -0.1) is 11.3 Å². The molecule has 1 aromatic carbocycles. The predicted octanol–water partition coefficient (Wildman–Crippen LogP) is 7.06. The molecule has 0 aliphatic heterocycles. The average Bonchev–Trinajstić information content (AvgIpc) is 3.36. The number of furan rings is 1. The highest BCUT2D eigenvalue weighted by molar-refractivity contribution is 7.99. The van der Waals surface area contributed by atoms with Crippen LogP contribution in [0.1, 0.15) is 77.1 Å². The number of nitrogens with one attached hydrogen (secondary N) is 1. The van der Waals surface area contributed by atoms with Crippen LogP contribution in [-0.2, 0) is 18.6 Å². The van der Waals surface area contributed by atoms with E-state index < -0.39 is 0 Å². The summed E-state index contributed by atoms with van der Waals surface area (Å²) >= 11 is 3.50. The Bertz CT molecular complexity index is 1150. The molecule has 3 aromatic rings. The molecule has 0 atom stereocenters. The maximum atomic E-state index is 13.3. The highest BCUT2D eigenvalue weighted by Crippen LogP contribution is 2.39. The Labute approximate surface area is 191 Å². The third-order valence-electron chi connectivity index (χ3n) is 6.43. The SMILES string of the molecule is N#Cc1c(NC(=O)c2oc3ccccc3c2CSC2CCCCC2)sc2c1CCCC2. The predicted molar refractivity (Wildman–Crippen MR) is 128 cm³/mol. The third-order valence-corrected chi connectivity index (χ3v) is 9.04. The molecule has 1 saturated carbocycles. The van der Waals surface area contributed by atoms with Gasteiger partial charge >= 0.3 is 0 Å². The number of nitriles is 1. The summed E-state index contributed by atoms with van der Waals surface area (Å²) in [6.45, 7) is 0. The fraction of sp³-hybridized carbons (Fsp3) is 0.440. The highest BCUT2D eigenvalue weighted by atomic mass is 32.2. The van der Waals surface area contributed by atoms with E-state index in [1.165, 1.54) is 37.0 Å². The van der Waals surface area contributed by atoms with Crippen molar-refractivity contribution < 1.29 is 9.21 Å². The van der Waals surface area contributed by atoms with Gasteiger partial charge in [0.15, 0.2) is 5.76 Å². The van der Waals surface area contributed by atoms with Gasteiger partial charge < -0.3 is 9.73 Å². The molecule has 31 heavy (non-hydrogen) atoms. The smallest absolute Gasteiger partial charge is 0.292 e. The van der Waals surface area contributed by atoms with Gasteiger partial charge in [-0.3, -0.25) is 4.79 Å². The van der Waals surface area contributed by atoms with Gasteiger partial charge in [0.05, 0.1) is 5.56 Å². The molecule has 4 nitrogen and oxygen atoms in total. The quantitative estimate of drug-likeness (QED) is 0.452. The number of carbonyl (C=O) groups is 1. The topological polar surface area (TPSA) is 66.0 Å². The van der Waals surface area contributed by atoms with Gasteiger partial charge in [-0.25, -0.2) is 0 Å². The van der Waals surface area contributed by atoms with Gasteiger partial charge in [0.2, 0.25) is 0 Å². The normalized spacial score (nSPS) is 16.7. The first-order valence-electron chi connectivity index (χ1n) is 11.2.